The minimum atomic E-state index is -1.09. The number of hydrogen-bond donors (Lipinski definition) is 2. The minimum absolute atomic E-state index is 0.0417. The van der Waals surface area contributed by atoms with Crippen LogP contribution in [0.25, 0.3) is 5.65 Å². The zero-order chi connectivity index (χ0) is 18.1. The van der Waals surface area contributed by atoms with Crippen LogP contribution in [0.1, 0.15) is 39.0 Å². The molecule has 2 N–H and O–H groups in total. The molecule has 0 spiro atoms. The lowest BCUT2D eigenvalue weighted by Crippen LogP contribution is -2.18. The number of halogens is 1. The van der Waals surface area contributed by atoms with E-state index in [0.717, 1.165) is 10.0 Å². The topological polar surface area (TPSA) is 83.7 Å². The summed E-state index contributed by atoms with van der Waals surface area (Å²) < 4.78 is 2.56. The van der Waals surface area contributed by atoms with Crippen LogP contribution in [0, 0.1) is 6.92 Å². The van der Waals surface area contributed by atoms with Crippen LogP contribution in [0.15, 0.2) is 41.0 Å². The van der Waals surface area contributed by atoms with E-state index in [1.54, 1.807) is 28.8 Å². The molecule has 0 fully saturated rings. The summed E-state index contributed by atoms with van der Waals surface area (Å²) in [5, 5.41) is 12.0. The van der Waals surface area contributed by atoms with Gasteiger partial charge < -0.3 is 10.4 Å². The van der Waals surface area contributed by atoms with Crippen molar-refractivity contribution < 1.29 is 14.7 Å². The lowest BCUT2D eigenvalue weighted by molar-refractivity contribution is 0.0698. The molecule has 0 radical (unpaired) electrons. The van der Waals surface area contributed by atoms with Crippen molar-refractivity contribution >= 4 is 39.1 Å². The van der Waals surface area contributed by atoms with Gasteiger partial charge in [-0.15, -0.1) is 0 Å². The van der Waals surface area contributed by atoms with Gasteiger partial charge in [0.05, 0.1) is 16.9 Å². The average Bonchev–Trinajstić information content (AvgIpc) is 2.94. The van der Waals surface area contributed by atoms with Crippen LogP contribution in [0.5, 0.6) is 0 Å². The van der Waals surface area contributed by atoms with Crippen LogP contribution in [0.4, 0.5) is 5.69 Å². The second kappa shape index (κ2) is 6.68. The Morgan fingerprint density at radius 2 is 2.04 bits per heavy atom. The highest BCUT2D eigenvalue weighted by Gasteiger charge is 2.21. The van der Waals surface area contributed by atoms with Crippen molar-refractivity contribution in [1.82, 2.24) is 9.38 Å². The van der Waals surface area contributed by atoms with Crippen LogP contribution in [0.2, 0.25) is 0 Å². The first kappa shape index (κ1) is 17.2. The molecule has 0 saturated carbocycles. The van der Waals surface area contributed by atoms with Crippen LogP contribution >= 0.6 is 15.9 Å². The maximum atomic E-state index is 12.9. The Kier molecular flexibility index (Phi) is 4.59. The average molecular weight is 402 g/mol. The second-order valence-corrected chi connectivity index (χ2v) is 6.52. The first-order valence-corrected chi connectivity index (χ1v) is 8.52. The van der Waals surface area contributed by atoms with E-state index in [9.17, 15) is 14.7 Å². The molecule has 0 saturated heterocycles. The van der Waals surface area contributed by atoms with Gasteiger partial charge in [-0.3, -0.25) is 9.20 Å². The number of carbonyl (C=O) groups excluding carboxylic acids is 1. The van der Waals surface area contributed by atoms with Crippen molar-refractivity contribution in [2.75, 3.05) is 5.32 Å². The van der Waals surface area contributed by atoms with Gasteiger partial charge in [0.2, 0.25) is 0 Å². The van der Waals surface area contributed by atoms with Crippen molar-refractivity contribution in [3.05, 3.63) is 63.5 Å². The zero-order valence-electron chi connectivity index (χ0n) is 13.7. The number of aromatic carboxylic acids is 1. The van der Waals surface area contributed by atoms with Gasteiger partial charge in [0.25, 0.3) is 5.91 Å². The monoisotopic (exact) mass is 401 g/mol. The summed E-state index contributed by atoms with van der Waals surface area (Å²) in [6.07, 6.45) is 2.37. The van der Waals surface area contributed by atoms with Crippen LogP contribution in [-0.2, 0) is 6.42 Å². The highest BCUT2D eigenvalue weighted by molar-refractivity contribution is 9.10. The normalized spacial score (nSPS) is 10.8. The fraction of sp³-hybridized carbons (Fsp3) is 0.167. The molecular formula is C18H16BrN3O3. The molecule has 7 heteroatoms. The number of amides is 1. The van der Waals surface area contributed by atoms with Crippen molar-refractivity contribution in [2.45, 2.75) is 20.3 Å². The van der Waals surface area contributed by atoms with Crippen LogP contribution in [-0.4, -0.2) is 26.4 Å². The summed E-state index contributed by atoms with van der Waals surface area (Å²) >= 11 is 3.44. The molecule has 0 aliphatic heterocycles. The van der Waals surface area contributed by atoms with Crippen LogP contribution < -0.4 is 5.32 Å². The van der Waals surface area contributed by atoms with Gasteiger partial charge in [-0.2, -0.15) is 0 Å². The number of rotatable bonds is 4. The standard InChI is InChI=1S/C18H16BrN3O3/c1-3-13-15(22-9-11(19)8-10(2)16(22)20-13)17(23)21-14-7-5-4-6-12(14)18(24)25/h4-9H,3H2,1-2H3,(H,21,23)(H,24,25). The third-order valence-corrected chi connectivity index (χ3v) is 4.33. The molecule has 2 aromatic heterocycles. The maximum absolute atomic E-state index is 12.9. The Balaban J connectivity index is 2.10. The Labute approximate surface area is 152 Å². The van der Waals surface area contributed by atoms with Gasteiger partial charge in [0.1, 0.15) is 11.3 Å². The van der Waals surface area contributed by atoms with E-state index in [2.05, 4.69) is 26.2 Å². The maximum Gasteiger partial charge on any atom is 0.337 e. The summed E-state index contributed by atoms with van der Waals surface area (Å²) in [7, 11) is 0. The molecular weight excluding hydrogens is 386 g/mol. The van der Waals surface area contributed by atoms with E-state index in [0.29, 0.717) is 23.5 Å². The van der Waals surface area contributed by atoms with Gasteiger partial charge in [0.15, 0.2) is 0 Å². The fourth-order valence-electron chi connectivity index (χ4n) is 2.76. The SMILES string of the molecule is CCc1nc2c(C)cc(Br)cn2c1C(=O)Nc1ccccc1C(=O)O. The Morgan fingerprint density at radius 3 is 2.72 bits per heavy atom. The molecule has 1 aromatic carbocycles. The molecule has 2 heterocycles. The number of imidazole rings is 1. The third-order valence-electron chi connectivity index (χ3n) is 3.90. The number of aromatic nitrogens is 2. The van der Waals surface area contributed by atoms with Gasteiger partial charge in [0, 0.05) is 10.7 Å². The minimum Gasteiger partial charge on any atom is -0.478 e. The number of fused-ring (bicyclic) bond motifs is 1. The highest BCUT2D eigenvalue weighted by Crippen LogP contribution is 2.23. The molecule has 0 aliphatic rings. The number of hydrogen-bond acceptors (Lipinski definition) is 3. The molecule has 0 aliphatic carbocycles. The van der Waals surface area contributed by atoms with Gasteiger partial charge in [-0.05, 0) is 53.0 Å². The Hall–Kier alpha value is -2.67. The molecule has 25 heavy (non-hydrogen) atoms. The Morgan fingerprint density at radius 1 is 1.32 bits per heavy atom. The number of carbonyl (C=O) groups is 2. The molecule has 6 nitrogen and oxygen atoms in total. The van der Waals surface area contributed by atoms with Crippen molar-refractivity contribution in [1.29, 1.82) is 0 Å². The summed E-state index contributed by atoms with van der Waals surface area (Å²) in [6, 6.07) is 8.25. The number of carboxylic acid groups (broad SMARTS) is 1. The number of nitrogens with one attached hydrogen (secondary N) is 1. The number of pyridine rings is 1. The lowest BCUT2D eigenvalue weighted by atomic mass is 10.1. The highest BCUT2D eigenvalue weighted by atomic mass is 79.9. The number of nitrogens with zero attached hydrogens (tertiary/aromatic N) is 2. The van der Waals surface area contributed by atoms with Crippen molar-refractivity contribution in [3.8, 4) is 0 Å². The van der Waals surface area contributed by atoms with Gasteiger partial charge >= 0.3 is 5.97 Å². The summed E-state index contributed by atoms with van der Waals surface area (Å²) in [5.74, 6) is -1.49. The number of anilines is 1. The van der Waals surface area contributed by atoms with E-state index < -0.39 is 11.9 Å². The van der Waals surface area contributed by atoms with E-state index in [-0.39, 0.29) is 11.3 Å². The zero-order valence-corrected chi connectivity index (χ0v) is 15.3. The summed E-state index contributed by atoms with van der Waals surface area (Å²) in [6.45, 7) is 3.85. The van der Waals surface area contributed by atoms with Crippen LogP contribution in [0.3, 0.4) is 0 Å². The lowest BCUT2D eigenvalue weighted by Gasteiger charge is -2.09. The first-order valence-electron chi connectivity index (χ1n) is 7.73. The molecule has 0 bridgehead atoms. The smallest absolute Gasteiger partial charge is 0.337 e. The molecule has 0 atom stereocenters. The van der Waals surface area contributed by atoms with Gasteiger partial charge in [-0.1, -0.05) is 19.1 Å². The number of aryl methyl sites for hydroxylation is 2. The molecule has 128 valence electrons. The van der Waals surface area contributed by atoms with Crippen molar-refractivity contribution in [3.63, 3.8) is 0 Å². The summed E-state index contributed by atoms with van der Waals surface area (Å²) in [5.41, 5.74) is 3.00. The predicted molar refractivity (Wildman–Crippen MR) is 98.4 cm³/mol. The number of para-hydroxylation sites is 1. The second-order valence-electron chi connectivity index (χ2n) is 5.60. The largest absolute Gasteiger partial charge is 0.478 e. The Bertz CT molecular complexity index is 995. The molecule has 3 rings (SSSR count). The quantitative estimate of drug-likeness (QED) is 0.693. The first-order chi connectivity index (χ1) is 11.9. The van der Waals surface area contributed by atoms with E-state index in [1.807, 2.05) is 19.9 Å². The van der Waals surface area contributed by atoms with E-state index in [4.69, 9.17) is 0 Å². The van der Waals surface area contributed by atoms with E-state index in [1.165, 1.54) is 6.07 Å². The third kappa shape index (κ3) is 3.15. The number of benzene rings is 1. The van der Waals surface area contributed by atoms with Gasteiger partial charge in [-0.25, -0.2) is 9.78 Å². The predicted octanol–water partition coefficient (Wildman–Crippen LogP) is 3.92. The van der Waals surface area contributed by atoms with Crippen molar-refractivity contribution in [2.24, 2.45) is 0 Å². The molecule has 3 aromatic rings. The summed E-state index contributed by atoms with van der Waals surface area (Å²) in [4.78, 5) is 28.8. The molecule has 0 unspecified atom stereocenters. The number of carboxylic acids is 1. The van der Waals surface area contributed by atoms with E-state index >= 15 is 0 Å². The molecule has 1 amide bonds. The fourth-order valence-corrected chi connectivity index (χ4v) is 3.31.